The number of benzene rings is 1. The van der Waals surface area contributed by atoms with E-state index in [2.05, 4.69) is 0 Å². The molecule has 0 N–H and O–H groups in total. The summed E-state index contributed by atoms with van der Waals surface area (Å²) in [6.07, 6.45) is 0. The molecule has 80 valence electrons. The zero-order valence-electron chi connectivity index (χ0n) is 6.73. The predicted octanol–water partition coefficient (Wildman–Crippen LogP) is 3.97. The van der Waals surface area contributed by atoms with Crippen LogP contribution >= 0.6 is 66.5 Å². The highest BCUT2D eigenvalue weighted by Gasteiger charge is 2.19. The number of hydrogen-bond donors (Lipinski definition) is 0. The van der Waals surface area contributed by atoms with Crippen LogP contribution in [-0.2, 0) is 0 Å². The Morgan fingerprint density at radius 3 is 1.43 bits per heavy atom. The second kappa shape index (κ2) is 7.63. The van der Waals surface area contributed by atoms with Crippen LogP contribution in [0.25, 0.3) is 0 Å². The summed E-state index contributed by atoms with van der Waals surface area (Å²) in [6, 6.07) is 9.75. The van der Waals surface area contributed by atoms with Crippen LogP contribution in [0.15, 0.2) is 30.3 Å². The van der Waals surface area contributed by atoms with Crippen molar-refractivity contribution in [3.63, 3.8) is 0 Å². The van der Waals surface area contributed by atoms with Crippen LogP contribution in [0.5, 0.6) is 0 Å². The van der Waals surface area contributed by atoms with Gasteiger partial charge in [-0.15, -0.1) is 66.5 Å². The van der Waals surface area contributed by atoms with Gasteiger partial charge in [0.05, 0.1) is 0 Å². The van der Waals surface area contributed by atoms with Gasteiger partial charge in [0.1, 0.15) is 0 Å². The summed E-state index contributed by atoms with van der Waals surface area (Å²) < 4.78 is 0. The second-order valence-corrected chi connectivity index (χ2v) is 17.8. The zero-order chi connectivity index (χ0) is 11.2. The van der Waals surface area contributed by atoms with Crippen molar-refractivity contribution in [1.29, 1.82) is 0 Å². The summed E-state index contributed by atoms with van der Waals surface area (Å²) in [5, 5.41) is -1.64. The SMILES string of the molecule is Cl[SiH](Cl)c1ccccc1.Cl[Si](Cl)(Cl)Cl. The highest BCUT2D eigenvalue weighted by atomic mass is 36.0. The average molecular weight is 347 g/mol. The van der Waals surface area contributed by atoms with Gasteiger partial charge in [-0.05, 0) is 5.19 Å². The summed E-state index contributed by atoms with van der Waals surface area (Å²) in [6.45, 7) is 0. The van der Waals surface area contributed by atoms with Gasteiger partial charge in [-0.1, -0.05) is 30.3 Å². The summed E-state index contributed by atoms with van der Waals surface area (Å²) >= 11 is 31.3. The Bertz CT molecular complexity index is 240. The van der Waals surface area contributed by atoms with E-state index in [1.54, 1.807) is 0 Å². The van der Waals surface area contributed by atoms with E-state index < -0.39 is 12.7 Å². The van der Waals surface area contributed by atoms with Crippen LogP contribution in [0.3, 0.4) is 0 Å². The highest BCUT2D eigenvalue weighted by Crippen LogP contribution is 2.23. The lowest BCUT2D eigenvalue weighted by atomic mass is 10.4. The molecule has 8 heteroatoms. The first kappa shape index (κ1) is 15.4. The molecule has 0 aliphatic carbocycles. The van der Waals surface area contributed by atoms with Crippen molar-refractivity contribution >= 4 is 84.4 Å². The number of rotatable bonds is 1. The smallest absolute Gasteiger partial charge is 0.144 e. The van der Waals surface area contributed by atoms with E-state index in [4.69, 9.17) is 66.5 Å². The first-order valence-electron chi connectivity index (χ1n) is 3.39. The first-order valence-corrected chi connectivity index (χ1v) is 13.5. The Labute approximate surface area is 114 Å². The Kier molecular flexibility index (Phi) is 8.39. The predicted molar refractivity (Wildman–Crippen MR) is 74.1 cm³/mol. The van der Waals surface area contributed by atoms with Gasteiger partial charge in [0.2, 0.25) is 0 Å². The minimum atomic E-state index is -2.72. The van der Waals surface area contributed by atoms with Crippen LogP contribution in [0, 0.1) is 0 Å². The molecule has 1 aromatic carbocycles. The molecule has 0 aliphatic heterocycles. The lowest BCUT2D eigenvalue weighted by Gasteiger charge is -1.95. The number of hydrogen-bond acceptors (Lipinski definition) is 0. The minimum Gasteiger partial charge on any atom is -0.144 e. The maximum atomic E-state index is 5.71. The van der Waals surface area contributed by atoms with E-state index in [1.807, 2.05) is 30.3 Å². The molecule has 14 heavy (non-hydrogen) atoms. The van der Waals surface area contributed by atoms with Crippen LogP contribution in [0.4, 0.5) is 0 Å². The molecule has 0 unspecified atom stereocenters. The second-order valence-electron chi connectivity index (χ2n) is 2.14. The van der Waals surface area contributed by atoms with E-state index >= 15 is 0 Å². The van der Waals surface area contributed by atoms with Crippen LogP contribution in [0.2, 0.25) is 0 Å². The Morgan fingerprint density at radius 2 is 1.21 bits per heavy atom. The molecule has 0 saturated carbocycles. The monoisotopic (exact) mass is 344 g/mol. The molecule has 0 saturated heterocycles. The van der Waals surface area contributed by atoms with Crippen molar-refractivity contribution < 1.29 is 0 Å². The first-order chi connectivity index (χ1) is 6.30. The molecule has 0 nitrogen and oxygen atoms in total. The van der Waals surface area contributed by atoms with Crippen LogP contribution in [0.1, 0.15) is 0 Å². The summed E-state index contributed by atoms with van der Waals surface area (Å²) in [5.41, 5.74) is 0. The molecule has 0 fully saturated rings. The van der Waals surface area contributed by atoms with E-state index in [0.717, 1.165) is 5.19 Å². The zero-order valence-corrected chi connectivity index (χ0v) is 13.4. The molecule has 0 spiro atoms. The lowest BCUT2D eigenvalue weighted by Crippen LogP contribution is -2.16. The van der Waals surface area contributed by atoms with Gasteiger partial charge in [-0.2, -0.15) is 0 Å². The molecule has 0 aliphatic rings. The van der Waals surface area contributed by atoms with Crippen LogP contribution < -0.4 is 5.19 Å². The van der Waals surface area contributed by atoms with Crippen molar-refractivity contribution in [2.24, 2.45) is 0 Å². The third-order valence-electron chi connectivity index (χ3n) is 1.05. The fourth-order valence-corrected chi connectivity index (χ4v) is 1.98. The van der Waals surface area contributed by atoms with Gasteiger partial charge in [0.15, 0.2) is 0 Å². The average Bonchev–Trinajstić information content (AvgIpc) is 2.03. The summed E-state index contributed by atoms with van der Waals surface area (Å²) in [4.78, 5) is 0. The topological polar surface area (TPSA) is 0 Å². The third kappa shape index (κ3) is 11.5. The van der Waals surface area contributed by atoms with Crippen molar-refractivity contribution in [2.45, 2.75) is 0 Å². The quantitative estimate of drug-likeness (QED) is 0.533. The van der Waals surface area contributed by atoms with E-state index in [1.165, 1.54) is 0 Å². The van der Waals surface area contributed by atoms with Gasteiger partial charge < -0.3 is 0 Å². The molecule has 1 rings (SSSR count). The van der Waals surface area contributed by atoms with Gasteiger partial charge >= 0.3 is 5.31 Å². The van der Waals surface area contributed by atoms with E-state index in [0.29, 0.717) is 0 Å². The van der Waals surface area contributed by atoms with Gasteiger partial charge in [0.25, 0.3) is 7.42 Å². The van der Waals surface area contributed by atoms with Gasteiger partial charge in [0, 0.05) is 0 Å². The molecule has 0 aromatic heterocycles. The Morgan fingerprint density at radius 1 is 0.857 bits per heavy atom. The molecular weight excluding hydrogens is 341 g/mol. The van der Waals surface area contributed by atoms with Crippen LogP contribution in [-0.4, -0.2) is 12.7 Å². The maximum absolute atomic E-state index is 5.71. The maximum Gasteiger partial charge on any atom is 0.440 e. The van der Waals surface area contributed by atoms with Crippen molar-refractivity contribution in [3.05, 3.63) is 30.3 Å². The molecule has 0 heterocycles. The van der Waals surface area contributed by atoms with E-state index in [-0.39, 0.29) is 0 Å². The Hall–Kier alpha value is 1.39. The molecule has 0 bridgehead atoms. The normalized spacial score (nSPS) is 10.8. The standard InChI is InChI=1S/C6H6Cl2Si.Cl4Si/c7-9(8)6-4-2-1-3-5-6;1-5(2,3)4/h1-5,9H;. The van der Waals surface area contributed by atoms with Gasteiger partial charge in [-0.25, -0.2) is 0 Å². The minimum absolute atomic E-state index is 1.08. The van der Waals surface area contributed by atoms with Crippen molar-refractivity contribution in [1.82, 2.24) is 0 Å². The van der Waals surface area contributed by atoms with E-state index in [9.17, 15) is 0 Å². The fraction of sp³-hybridized carbons (Fsp3) is 0. The molecule has 0 amide bonds. The van der Waals surface area contributed by atoms with Gasteiger partial charge in [-0.3, -0.25) is 0 Å². The highest BCUT2D eigenvalue weighted by molar-refractivity contribution is 7.81. The Balaban J connectivity index is 0.000000292. The summed E-state index contributed by atoms with van der Waals surface area (Å²) in [7, 11) is -1.58. The molecule has 0 atom stereocenters. The molecule has 0 radical (unpaired) electrons. The number of halogens is 6. The summed E-state index contributed by atoms with van der Waals surface area (Å²) in [5.74, 6) is 0. The largest absolute Gasteiger partial charge is 0.440 e. The fourth-order valence-electron chi connectivity index (χ4n) is 0.599. The molecular formula is C6H6Cl6Si2. The molecule has 1 aromatic rings. The van der Waals surface area contributed by atoms with Crippen molar-refractivity contribution in [2.75, 3.05) is 0 Å². The van der Waals surface area contributed by atoms with Crippen molar-refractivity contribution in [3.8, 4) is 0 Å². The third-order valence-corrected chi connectivity index (χ3v) is 3.45. The lowest BCUT2D eigenvalue weighted by molar-refractivity contribution is 1.77.